The number of nitrogens with zero attached hydrogens (tertiary/aromatic N) is 3. The highest BCUT2D eigenvalue weighted by Crippen LogP contribution is 2.29. The highest BCUT2D eigenvalue weighted by molar-refractivity contribution is 5.97. The van der Waals surface area contributed by atoms with E-state index in [9.17, 15) is 19.2 Å². The third kappa shape index (κ3) is 12.3. The van der Waals surface area contributed by atoms with Gasteiger partial charge in [-0.15, -0.1) is 0 Å². The summed E-state index contributed by atoms with van der Waals surface area (Å²) in [7, 11) is 4.06. The van der Waals surface area contributed by atoms with Crippen molar-refractivity contribution in [3.63, 3.8) is 0 Å². The number of carbonyl (C=O) groups is 3. The fourth-order valence-electron chi connectivity index (χ4n) is 6.23. The molecule has 0 saturated heterocycles. The van der Waals surface area contributed by atoms with Crippen LogP contribution in [-0.2, 0) is 20.7 Å². The van der Waals surface area contributed by atoms with Gasteiger partial charge >= 0.3 is 11.8 Å². The normalized spacial score (nSPS) is 16.3. The lowest BCUT2D eigenvalue weighted by Gasteiger charge is -2.29. The van der Waals surface area contributed by atoms with E-state index in [0.29, 0.717) is 43.1 Å². The number of carbonyl (C=O) groups excluding carboxylic acids is 3. The summed E-state index contributed by atoms with van der Waals surface area (Å²) in [5.74, 6) is -0.363. The third-order valence-corrected chi connectivity index (χ3v) is 9.11. The van der Waals surface area contributed by atoms with Gasteiger partial charge in [0.05, 0.1) is 6.61 Å². The molecular formula is C40H51N7O7. The van der Waals surface area contributed by atoms with Crippen LogP contribution in [0.3, 0.4) is 0 Å². The average molecular weight is 742 g/mol. The van der Waals surface area contributed by atoms with Gasteiger partial charge in [-0.1, -0.05) is 29.4 Å². The fourth-order valence-corrected chi connectivity index (χ4v) is 6.23. The van der Waals surface area contributed by atoms with Gasteiger partial charge < -0.3 is 30.3 Å². The molecule has 1 aliphatic rings. The van der Waals surface area contributed by atoms with Crippen molar-refractivity contribution in [3.8, 4) is 28.4 Å². The summed E-state index contributed by atoms with van der Waals surface area (Å²) in [4.78, 5) is 59.9. The predicted molar refractivity (Wildman–Crippen MR) is 205 cm³/mol. The van der Waals surface area contributed by atoms with Crippen LogP contribution in [-0.4, -0.2) is 83.4 Å². The minimum absolute atomic E-state index is 0.175. The maximum absolute atomic E-state index is 13.8. The van der Waals surface area contributed by atoms with Gasteiger partial charge in [0.25, 0.3) is 0 Å². The second kappa shape index (κ2) is 18.5. The maximum Gasteiger partial charge on any atom is 0.439 e. The summed E-state index contributed by atoms with van der Waals surface area (Å²) in [6, 6.07) is 17.6. The van der Waals surface area contributed by atoms with Crippen molar-refractivity contribution in [2.45, 2.75) is 70.9 Å². The fraction of sp³-hybridized carbons (Fsp3) is 0.450. The van der Waals surface area contributed by atoms with E-state index in [4.69, 9.17) is 9.47 Å². The van der Waals surface area contributed by atoms with Crippen LogP contribution < -0.4 is 26.4 Å². The highest BCUT2D eigenvalue weighted by Gasteiger charge is 2.30. The average Bonchev–Trinajstić information content (AvgIpc) is 3.58. The van der Waals surface area contributed by atoms with E-state index in [-0.39, 0.29) is 35.9 Å². The molecule has 2 heterocycles. The molecule has 0 spiro atoms. The first-order valence-corrected chi connectivity index (χ1v) is 18.4. The summed E-state index contributed by atoms with van der Waals surface area (Å²) in [5.41, 5.74) is 3.31. The number of alkyl carbamates (subject to hydrolysis) is 1. The number of pyridine rings is 1. The molecule has 54 heavy (non-hydrogen) atoms. The van der Waals surface area contributed by atoms with E-state index in [0.717, 1.165) is 42.5 Å². The van der Waals surface area contributed by atoms with Crippen molar-refractivity contribution >= 4 is 23.6 Å². The number of ether oxygens (including phenoxy) is 2. The lowest BCUT2D eigenvalue weighted by Crippen LogP contribution is -2.48. The molecule has 14 nitrogen and oxygen atoms in total. The first kappa shape index (κ1) is 39.7. The van der Waals surface area contributed by atoms with Gasteiger partial charge in [-0.05, 0) is 114 Å². The van der Waals surface area contributed by atoms with Crippen LogP contribution >= 0.6 is 0 Å². The summed E-state index contributed by atoms with van der Waals surface area (Å²) in [6.07, 6.45) is 5.35. The van der Waals surface area contributed by atoms with Gasteiger partial charge in [-0.25, -0.2) is 14.6 Å². The Morgan fingerprint density at radius 1 is 0.944 bits per heavy atom. The summed E-state index contributed by atoms with van der Waals surface area (Å²) in [6.45, 7) is 7.48. The molecule has 0 aliphatic heterocycles. The standard InChI is InChI=1S/C40H51N7O7/c1-40(2,3)53-38(50)42-24-27-9-13-30(14-10-27)36(48)44-33(37(49)43-32-18-15-29(16-19-32)35-45-39(51)54-46-35)23-26-7-11-28(12-8-26)31-17-20-34(41-25-31)52-22-6-21-47(4)5/h7-8,11-12,15-20,25,27,30,33H,6,9-10,13-14,21-24H2,1-5H3,(H,42,50)(H,43,49)(H,44,48)(H,45,46,51)/t27?,30?,33-/m0/s1. The zero-order chi connectivity index (χ0) is 38.7. The second-order valence-corrected chi connectivity index (χ2v) is 15.0. The number of aromatic amines is 1. The van der Waals surface area contributed by atoms with Gasteiger partial charge in [-0.2, -0.15) is 0 Å². The topological polar surface area (TPSA) is 181 Å². The third-order valence-electron chi connectivity index (χ3n) is 9.11. The number of rotatable bonds is 15. The summed E-state index contributed by atoms with van der Waals surface area (Å²) in [5, 5.41) is 12.5. The number of H-pyrrole nitrogens is 1. The Labute approximate surface area is 315 Å². The first-order chi connectivity index (χ1) is 25.8. The number of amides is 3. The summed E-state index contributed by atoms with van der Waals surface area (Å²) >= 11 is 0. The van der Waals surface area contributed by atoms with Crippen LogP contribution in [0.15, 0.2) is 76.2 Å². The van der Waals surface area contributed by atoms with Crippen LogP contribution in [0.1, 0.15) is 58.4 Å². The Balaban J connectivity index is 1.21. The van der Waals surface area contributed by atoms with E-state index in [1.54, 1.807) is 30.5 Å². The number of aromatic nitrogens is 3. The molecule has 4 N–H and O–H groups in total. The molecule has 5 rings (SSSR count). The zero-order valence-electron chi connectivity index (χ0n) is 31.6. The van der Waals surface area contributed by atoms with Crippen molar-refractivity contribution in [1.82, 2.24) is 30.7 Å². The molecule has 288 valence electrons. The number of nitrogens with one attached hydrogen (secondary N) is 4. The van der Waals surface area contributed by atoms with Gasteiger partial charge in [-0.3, -0.25) is 19.1 Å². The van der Waals surface area contributed by atoms with Crippen molar-refractivity contribution in [3.05, 3.63) is 83.0 Å². The molecule has 4 aromatic rings. The summed E-state index contributed by atoms with van der Waals surface area (Å²) < 4.78 is 15.7. The second-order valence-electron chi connectivity index (χ2n) is 15.0. The van der Waals surface area contributed by atoms with Gasteiger partial charge in [0.1, 0.15) is 11.6 Å². The molecule has 0 unspecified atom stereocenters. The van der Waals surface area contributed by atoms with Crippen LogP contribution in [0.4, 0.5) is 10.5 Å². The van der Waals surface area contributed by atoms with Crippen LogP contribution in [0.5, 0.6) is 5.88 Å². The Morgan fingerprint density at radius 3 is 2.24 bits per heavy atom. The molecule has 1 atom stereocenters. The SMILES string of the molecule is CN(C)CCCOc1ccc(-c2ccc(C[C@H](NC(=O)C3CCC(CNC(=O)OC(C)(C)C)CC3)C(=O)Nc3ccc(-c4noc(=O)[nH]4)cc3)cc2)cn1. The van der Waals surface area contributed by atoms with Crippen LogP contribution in [0.25, 0.3) is 22.5 Å². The Kier molecular flexibility index (Phi) is 13.6. The molecule has 0 radical (unpaired) electrons. The van der Waals surface area contributed by atoms with Crippen LogP contribution in [0.2, 0.25) is 0 Å². The molecule has 0 bridgehead atoms. The quantitative estimate of drug-likeness (QED) is 0.115. The molecule has 2 aromatic carbocycles. The van der Waals surface area contributed by atoms with Crippen LogP contribution in [0, 0.1) is 11.8 Å². The number of benzene rings is 2. The minimum Gasteiger partial charge on any atom is -0.478 e. The monoisotopic (exact) mass is 741 g/mol. The highest BCUT2D eigenvalue weighted by atomic mass is 16.6. The molecule has 1 fully saturated rings. The Hall–Kier alpha value is -5.50. The molecule has 2 aromatic heterocycles. The van der Waals surface area contributed by atoms with Gasteiger partial charge in [0.15, 0.2) is 5.82 Å². The minimum atomic E-state index is -0.855. The smallest absolute Gasteiger partial charge is 0.439 e. The zero-order valence-corrected chi connectivity index (χ0v) is 31.6. The molecular weight excluding hydrogens is 690 g/mol. The van der Waals surface area contributed by atoms with Crippen molar-refractivity contribution < 1.29 is 28.4 Å². The van der Waals surface area contributed by atoms with E-state index in [2.05, 4.69) is 40.5 Å². The number of hydrogen-bond donors (Lipinski definition) is 4. The van der Waals surface area contributed by atoms with E-state index in [1.165, 1.54) is 0 Å². The van der Waals surface area contributed by atoms with Gasteiger partial charge in [0, 0.05) is 54.5 Å². The first-order valence-electron chi connectivity index (χ1n) is 18.4. The van der Waals surface area contributed by atoms with Crippen molar-refractivity contribution in [2.75, 3.05) is 39.1 Å². The molecule has 14 heteroatoms. The largest absolute Gasteiger partial charge is 0.478 e. The lowest BCUT2D eigenvalue weighted by atomic mass is 9.81. The molecule has 1 aliphatic carbocycles. The van der Waals surface area contributed by atoms with Crippen molar-refractivity contribution in [1.29, 1.82) is 0 Å². The predicted octanol–water partition coefficient (Wildman–Crippen LogP) is 5.42. The lowest BCUT2D eigenvalue weighted by molar-refractivity contribution is -0.130. The Bertz CT molecular complexity index is 1870. The van der Waals surface area contributed by atoms with Gasteiger partial charge in [0.2, 0.25) is 17.7 Å². The molecule has 3 amide bonds. The maximum atomic E-state index is 13.8. The Morgan fingerprint density at radius 2 is 1.63 bits per heavy atom. The number of anilines is 1. The number of hydrogen-bond acceptors (Lipinski definition) is 10. The van der Waals surface area contributed by atoms with E-state index in [1.807, 2.05) is 71.3 Å². The van der Waals surface area contributed by atoms with E-state index < -0.39 is 23.5 Å². The molecule has 1 saturated carbocycles. The van der Waals surface area contributed by atoms with Crippen molar-refractivity contribution in [2.24, 2.45) is 11.8 Å². The van der Waals surface area contributed by atoms with E-state index >= 15 is 0 Å².